The maximum absolute atomic E-state index is 12.6. The van der Waals surface area contributed by atoms with Crippen molar-refractivity contribution >= 4 is 35.3 Å². The topological polar surface area (TPSA) is 88.3 Å². The molecule has 4 heterocycles. The summed E-state index contributed by atoms with van der Waals surface area (Å²) in [6, 6.07) is 8.91. The normalized spacial score (nSPS) is 14.8. The highest BCUT2D eigenvalue weighted by atomic mass is 32.2. The van der Waals surface area contributed by atoms with Crippen molar-refractivity contribution in [1.29, 1.82) is 0 Å². The van der Waals surface area contributed by atoms with Gasteiger partial charge in [0.2, 0.25) is 0 Å². The van der Waals surface area contributed by atoms with E-state index in [4.69, 9.17) is 4.42 Å². The Morgan fingerprint density at radius 1 is 1.32 bits per heavy atom. The lowest BCUT2D eigenvalue weighted by Crippen LogP contribution is -2.31. The fraction of sp³-hybridized carbons (Fsp3) is 0.100. The van der Waals surface area contributed by atoms with Gasteiger partial charge in [0.25, 0.3) is 11.8 Å². The number of anilines is 1. The number of carbonyl (C=O) groups excluding carboxylic acids is 2. The van der Waals surface area contributed by atoms with Crippen LogP contribution in [0.25, 0.3) is 6.08 Å². The maximum atomic E-state index is 12.6. The summed E-state index contributed by atoms with van der Waals surface area (Å²) in [5.74, 6) is 0.166. The van der Waals surface area contributed by atoms with Gasteiger partial charge < -0.3 is 14.6 Å². The predicted molar refractivity (Wildman–Crippen MR) is 106 cm³/mol. The van der Waals surface area contributed by atoms with Crippen LogP contribution in [0.5, 0.6) is 0 Å². The average molecular weight is 392 g/mol. The van der Waals surface area contributed by atoms with E-state index in [2.05, 4.69) is 15.3 Å². The molecule has 0 saturated heterocycles. The zero-order valence-electron chi connectivity index (χ0n) is 15.0. The van der Waals surface area contributed by atoms with Gasteiger partial charge in [-0.1, -0.05) is 11.8 Å². The standard InChI is InChI=1S/C20H16N4O3S/c1-24-16-12-22-15(19(25)23-11-13-4-6-21-7-5-13)10-17(16)28-18(20(24)26)9-14-3-2-8-27-14/h2-10,12H,11H2,1H3,(H,23,25)/b18-9+. The van der Waals surface area contributed by atoms with Crippen molar-refractivity contribution in [3.05, 3.63) is 77.1 Å². The summed E-state index contributed by atoms with van der Waals surface area (Å²) < 4.78 is 5.30. The first kappa shape index (κ1) is 18.0. The van der Waals surface area contributed by atoms with E-state index in [1.54, 1.807) is 56.2 Å². The number of nitrogens with zero attached hydrogens (tertiary/aromatic N) is 3. The van der Waals surface area contributed by atoms with Crippen LogP contribution < -0.4 is 10.2 Å². The Labute approximate surface area is 165 Å². The van der Waals surface area contributed by atoms with Gasteiger partial charge in [0.15, 0.2) is 0 Å². The van der Waals surface area contributed by atoms with E-state index in [1.165, 1.54) is 16.7 Å². The van der Waals surface area contributed by atoms with Gasteiger partial charge in [0.1, 0.15) is 11.5 Å². The number of likely N-dealkylation sites (N-methyl/N-ethyl adjacent to an activating group) is 1. The molecule has 0 aromatic carbocycles. The van der Waals surface area contributed by atoms with E-state index in [9.17, 15) is 9.59 Å². The number of fused-ring (bicyclic) bond motifs is 1. The molecule has 3 aromatic rings. The first-order valence-electron chi connectivity index (χ1n) is 8.50. The highest BCUT2D eigenvalue weighted by Crippen LogP contribution is 2.41. The summed E-state index contributed by atoms with van der Waals surface area (Å²) in [5, 5.41) is 2.84. The molecule has 8 heteroatoms. The van der Waals surface area contributed by atoms with Crippen molar-refractivity contribution in [1.82, 2.24) is 15.3 Å². The first-order chi connectivity index (χ1) is 13.6. The summed E-state index contributed by atoms with van der Waals surface area (Å²) in [6.07, 6.45) is 8.14. The van der Waals surface area contributed by atoms with Crippen LogP contribution in [-0.4, -0.2) is 28.8 Å². The molecule has 1 N–H and O–H groups in total. The summed E-state index contributed by atoms with van der Waals surface area (Å²) in [7, 11) is 1.68. The molecular weight excluding hydrogens is 376 g/mol. The minimum atomic E-state index is -0.281. The lowest BCUT2D eigenvalue weighted by molar-refractivity contribution is -0.114. The van der Waals surface area contributed by atoms with Gasteiger partial charge in [-0.2, -0.15) is 0 Å². The van der Waals surface area contributed by atoms with E-state index in [0.717, 1.165) is 10.5 Å². The second-order valence-corrected chi connectivity index (χ2v) is 7.15. The number of pyridine rings is 2. The highest BCUT2D eigenvalue weighted by molar-refractivity contribution is 8.04. The SMILES string of the molecule is CN1C(=O)/C(=C\c2ccco2)Sc2cc(C(=O)NCc3ccncc3)ncc21. The van der Waals surface area contributed by atoms with E-state index in [-0.39, 0.29) is 11.8 Å². The summed E-state index contributed by atoms with van der Waals surface area (Å²) in [4.78, 5) is 36.0. The van der Waals surface area contributed by atoms with Crippen molar-refractivity contribution in [2.45, 2.75) is 11.4 Å². The second-order valence-electron chi connectivity index (χ2n) is 6.07. The Morgan fingerprint density at radius 3 is 2.89 bits per heavy atom. The molecule has 0 spiro atoms. The van der Waals surface area contributed by atoms with Gasteiger partial charge in [0, 0.05) is 37.0 Å². The van der Waals surface area contributed by atoms with Crippen molar-refractivity contribution in [3.63, 3.8) is 0 Å². The molecule has 3 aromatic heterocycles. The third-order valence-electron chi connectivity index (χ3n) is 4.19. The molecule has 0 saturated carbocycles. The molecule has 0 bridgehead atoms. The molecule has 2 amide bonds. The lowest BCUT2D eigenvalue weighted by atomic mass is 10.2. The van der Waals surface area contributed by atoms with E-state index >= 15 is 0 Å². The van der Waals surface area contributed by atoms with Crippen molar-refractivity contribution < 1.29 is 14.0 Å². The number of aromatic nitrogens is 2. The number of rotatable bonds is 4. The fourth-order valence-electron chi connectivity index (χ4n) is 2.69. The molecule has 4 rings (SSSR count). The Balaban J connectivity index is 1.56. The van der Waals surface area contributed by atoms with Gasteiger partial charge >= 0.3 is 0 Å². The fourth-order valence-corrected chi connectivity index (χ4v) is 3.79. The third-order valence-corrected chi connectivity index (χ3v) is 5.25. The lowest BCUT2D eigenvalue weighted by Gasteiger charge is -2.26. The Hall–Kier alpha value is -3.39. The van der Waals surface area contributed by atoms with Gasteiger partial charge in [0.05, 0.1) is 23.1 Å². The van der Waals surface area contributed by atoms with Crippen LogP contribution in [0.15, 0.2) is 69.4 Å². The largest absolute Gasteiger partial charge is 0.465 e. The highest BCUT2D eigenvalue weighted by Gasteiger charge is 2.28. The Morgan fingerprint density at radius 2 is 2.14 bits per heavy atom. The molecule has 0 radical (unpaired) electrons. The summed E-state index contributed by atoms with van der Waals surface area (Å²) >= 11 is 1.29. The number of nitrogens with one attached hydrogen (secondary N) is 1. The molecule has 0 atom stereocenters. The number of hydrogen-bond acceptors (Lipinski definition) is 6. The molecule has 7 nitrogen and oxygen atoms in total. The molecule has 0 unspecified atom stereocenters. The zero-order valence-corrected chi connectivity index (χ0v) is 15.8. The van der Waals surface area contributed by atoms with Crippen LogP contribution >= 0.6 is 11.8 Å². The molecular formula is C20H16N4O3S. The van der Waals surface area contributed by atoms with Crippen LogP contribution in [0.3, 0.4) is 0 Å². The monoisotopic (exact) mass is 392 g/mol. The van der Waals surface area contributed by atoms with Crippen LogP contribution in [-0.2, 0) is 11.3 Å². The first-order valence-corrected chi connectivity index (χ1v) is 9.32. The molecule has 0 aliphatic carbocycles. The quantitative estimate of drug-likeness (QED) is 0.687. The number of hydrogen-bond donors (Lipinski definition) is 1. The number of amides is 2. The smallest absolute Gasteiger partial charge is 0.270 e. The molecule has 28 heavy (non-hydrogen) atoms. The van der Waals surface area contributed by atoms with Crippen LogP contribution in [0.2, 0.25) is 0 Å². The van der Waals surface area contributed by atoms with Crippen LogP contribution in [0, 0.1) is 0 Å². The van der Waals surface area contributed by atoms with Crippen LogP contribution in [0.1, 0.15) is 21.8 Å². The van der Waals surface area contributed by atoms with Crippen molar-refractivity contribution in [3.8, 4) is 0 Å². The van der Waals surface area contributed by atoms with E-state index < -0.39 is 0 Å². The van der Waals surface area contributed by atoms with Crippen LogP contribution in [0.4, 0.5) is 5.69 Å². The number of thioether (sulfide) groups is 1. The second kappa shape index (κ2) is 7.69. The third kappa shape index (κ3) is 3.67. The maximum Gasteiger partial charge on any atom is 0.270 e. The van der Waals surface area contributed by atoms with Gasteiger partial charge in [-0.15, -0.1) is 0 Å². The molecule has 1 aliphatic rings. The van der Waals surface area contributed by atoms with Gasteiger partial charge in [-0.25, -0.2) is 4.98 Å². The Kier molecular flexibility index (Phi) is 4.94. The Bertz CT molecular complexity index is 1050. The minimum Gasteiger partial charge on any atom is -0.465 e. The van der Waals surface area contributed by atoms with E-state index in [0.29, 0.717) is 28.6 Å². The number of furan rings is 1. The van der Waals surface area contributed by atoms with E-state index in [1.807, 2.05) is 12.1 Å². The number of carbonyl (C=O) groups is 2. The summed E-state index contributed by atoms with van der Waals surface area (Å²) in [6.45, 7) is 0.384. The van der Waals surface area contributed by atoms with Crippen molar-refractivity contribution in [2.75, 3.05) is 11.9 Å². The minimum absolute atomic E-state index is 0.148. The average Bonchev–Trinajstić information content (AvgIpc) is 3.23. The molecule has 1 aliphatic heterocycles. The zero-order chi connectivity index (χ0) is 19.5. The molecule has 0 fully saturated rings. The van der Waals surface area contributed by atoms with Gasteiger partial charge in [-0.05, 0) is 35.9 Å². The summed E-state index contributed by atoms with van der Waals surface area (Å²) in [5.41, 5.74) is 1.90. The molecule has 140 valence electrons. The van der Waals surface area contributed by atoms with Gasteiger partial charge in [-0.3, -0.25) is 14.6 Å². The predicted octanol–water partition coefficient (Wildman–Crippen LogP) is 3.11. The van der Waals surface area contributed by atoms with Crippen molar-refractivity contribution in [2.24, 2.45) is 0 Å².